The highest BCUT2D eigenvalue weighted by Gasteiger charge is 2.30. The molecule has 6 nitrogen and oxygen atoms in total. The number of benzene rings is 3. The molecule has 166 valence electrons. The Kier molecular flexibility index (Phi) is 5.70. The van der Waals surface area contributed by atoms with Crippen LogP contribution in [0.1, 0.15) is 26.4 Å². The van der Waals surface area contributed by atoms with Crippen molar-refractivity contribution in [2.75, 3.05) is 5.32 Å². The monoisotopic (exact) mass is 452 g/mol. The molecule has 4 rings (SSSR count). The van der Waals surface area contributed by atoms with Gasteiger partial charge in [0.15, 0.2) is 5.69 Å². The topological polar surface area (TPSA) is 88.5 Å². The quantitative estimate of drug-likeness (QED) is 0.388. The number of carboxylic acids is 1. The number of fused-ring (bicyclic) bond motifs is 1. The van der Waals surface area contributed by atoms with Gasteiger partial charge >= 0.3 is 12.1 Å². The van der Waals surface area contributed by atoms with Crippen LogP contribution >= 0.6 is 0 Å². The fraction of sp³-hybridized carbons (Fsp3) is 0.0417. The largest absolute Gasteiger partial charge is 0.477 e. The molecule has 0 fully saturated rings. The van der Waals surface area contributed by atoms with E-state index in [0.717, 1.165) is 12.1 Å². The number of nitrogens with zero attached hydrogens (tertiary/aromatic N) is 1. The number of hydrogen-bond donors (Lipinski definition) is 2. The number of anilines is 1. The van der Waals surface area contributed by atoms with Gasteiger partial charge in [-0.2, -0.15) is 13.2 Å². The van der Waals surface area contributed by atoms with Crippen molar-refractivity contribution in [2.24, 2.45) is 0 Å². The Hall–Kier alpha value is -4.40. The van der Waals surface area contributed by atoms with Gasteiger partial charge in [-0.1, -0.05) is 18.2 Å². The number of rotatable bonds is 5. The summed E-state index contributed by atoms with van der Waals surface area (Å²) in [5, 5.41) is 12.8. The van der Waals surface area contributed by atoms with Crippen LogP contribution in [-0.4, -0.2) is 22.0 Å². The molecule has 0 spiro atoms. The first-order valence-corrected chi connectivity index (χ1v) is 9.59. The van der Waals surface area contributed by atoms with Gasteiger partial charge in [-0.3, -0.25) is 4.79 Å². The van der Waals surface area contributed by atoms with Crippen LogP contribution in [0.25, 0.3) is 10.8 Å². The van der Waals surface area contributed by atoms with E-state index < -0.39 is 23.6 Å². The molecule has 1 aromatic heterocycles. The Bertz CT molecular complexity index is 1370. The zero-order valence-corrected chi connectivity index (χ0v) is 16.8. The Morgan fingerprint density at radius 2 is 1.67 bits per heavy atom. The zero-order chi connectivity index (χ0) is 23.6. The summed E-state index contributed by atoms with van der Waals surface area (Å²) < 4.78 is 44.5. The van der Waals surface area contributed by atoms with Gasteiger partial charge in [0.25, 0.3) is 5.91 Å². The predicted molar refractivity (Wildman–Crippen MR) is 115 cm³/mol. The summed E-state index contributed by atoms with van der Waals surface area (Å²) in [5.74, 6) is -1.06. The van der Waals surface area contributed by atoms with E-state index in [9.17, 15) is 22.8 Å². The lowest BCUT2D eigenvalue weighted by atomic mass is 10.0. The van der Waals surface area contributed by atoms with Gasteiger partial charge in [0.2, 0.25) is 0 Å². The predicted octanol–water partition coefficient (Wildman–Crippen LogP) is 6.00. The van der Waals surface area contributed by atoms with E-state index in [0.29, 0.717) is 16.5 Å². The van der Waals surface area contributed by atoms with Crippen LogP contribution in [0.5, 0.6) is 11.5 Å². The Labute approximate surface area is 185 Å². The van der Waals surface area contributed by atoms with Crippen molar-refractivity contribution < 1.29 is 32.6 Å². The van der Waals surface area contributed by atoms with Gasteiger partial charge in [0, 0.05) is 23.5 Å². The molecule has 4 aromatic rings. The normalized spacial score (nSPS) is 11.2. The molecular formula is C24H15F3N2O4. The second-order valence-corrected chi connectivity index (χ2v) is 7.01. The highest BCUT2D eigenvalue weighted by atomic mass is 19.4. The maximum atomic E-state index is 12.9. The van der Waals surface area contributed by atoms with Gasteiger partial charge in [-0.15, -0.1) is 0 Å². The second-order valence-electron chi connectivity index (χ2n) is 7.01. The van der Waals surface area contributed by atoms with E-state index in [1.807, 2.05) is 0 Å². The van der Waals surface area contributed by atoms with Gasteiger partial charge in [-0.05, 0) is 59.3 Å². The lowest BCUT2D eigenvalue weighted by Gasteiger charge is -2.12. The van der Waals surface area contributed by atoms with Crippen LogP contribution in [0.3, 0.4) is 0 Å². The van der Waals surface area contributed by atoms with Crippen molar-refractivity contribution in [3.8, 4) is 11.5 Å². The lowest BCUT2D eigenvalue weighted by Crippen LogP contribution is -2.13. The smallest absolute Gasteiger partial charge is 0.416 e. The summed E-state index contributed by atoms with van der Waals surface area (Å²) in [5.41, 5.74) is -0.726. The van der Waals surface area contributed by atoms with Crippen molar-refractivity contribution in [3.05, 3.63) is 95.8 Å². The van der Waals surface area contributed by atoms with Crippen LogP contribution in [0.15, 0.2) is 79.0 Å². The number of carbonyl (C=O) groups is 2. The number of carboxylic acid groups (broad SMARTS) is 1. The summed E-state index contributed by atoms with van der Waals surface area (Å²) in [6.07, 6.45) is -3.20. The van der Waals surface area contributed by atoms with Crippen LogP contribution < -0.4 is 10.1 Å². The van der Waals surface area contributed by atoms with Gasteiger partial charge in [0.05, 0.1) is 5.56 Å². The number of ether oxygens (including phenoxy) is 1. The highest BCUT2D eigenvalue weighted by molar-refractivity contribution is 6.13. The number of amides is 1. The number of aromatic carboxylic acids is 1. The summed E-state index contributed by atoms with van der Waals surface area (Å²) in [4.78, 5) is 27.6. The zero-order valence-electron chi connectivity index (χ0n) is 16.8. The SMILES string of the molecule is O=C(O)c1cc(Oc2ccc3c(C(=O)Nc4cccc(C(F)(F)F)c4)cccc3c2)ccn1. The number of nitrogens with one attached hydrogen (secondary N) is 1. The maximum absolute atomic E-state index is 12.9. The second kappa shape index (κ2) is 8.62. The Balaban J connectivity index is 1.59. The molecule has 9 heteroatoms. The first-order chi connectivity index (χ1) is 15.7. The molecule has 0 bridgehead atoms. The summed E-state index contributed by atoms with van der Waals surface area (Å²) in [6, 6.07) is 17.1. The standard InChI is InChI=1S/C24H15F3N2O4/c25-24(26,27)15-4-2-5-16(12-15)29-22(30)20-6-1-3-14-11-17(7-8-19(14)20)33-18-9-10-28-21(13-18)23(31)32/h1-13H,(H,29,30)(H,31,32). The average Bonchev–Trinajstić information content (AvgIpc) is 2.78. The van der Waals surface area contributed by atoms with Crippen molar-refractivity contribution in [2.45, 2.75) is 6.18 Å². The third-order valence-electron chi connectivity index (χ3n) is 4.73. The lowest BCUT2D eigenvalue weighted by molar-refractivity contribution is -0.137. The molecule has 3 aromatic carbocycles. The molecule has 1 amide bonds. The minimum Gasteiger partial charge on any atom is -0.477 e. The first kappa shape index (κ1) is 21.8. The summed E-state index contributed by atoms with van der Waals surface area (Å²) in [6.45, 7) is 0. The number of aromatic nitrogens is 1. The van der Waals surface area contributed by atoms with E-state index in [-0.39, 0.29) is 22.7 Å². The summed E-state index contributed by atoms with van der Waals surface area (Å²) in [7, 11) is 0. The fourth-order valence-electron chi connectivity index (χ4n) is 3.22. The fourth-order valence-corrected chi connectivity index (χ4v) is 3.22. The molecule has 0 aliphatic rings. The summed E-state index contributed by atoms with van der Waals surface area (Å²) >= 11 is 0. The molecule has 0 saturated carbocycles. The number of carbonyl (C=O) groups excluding carboxylic acids is 1. The number of alkyl halides is 3. The van der Waals surface area contributed by atoms with Crippen LogP contribution in [0.2, 0.25) is 0 Å². The average molecular weight is 452 g/mol. The van der Waals surface area contributed by atoms with Crippen LogP contribution in [0, 0.1) is 0 Å². The molecule has 33 heavy (non-hydrogen) atoms. The first-order valence-electron chi connectivity index (χ1n) is 9.59. The Morgan fingerprint density at radius 3 is 2.42 bits per heavy atom. The molecule has 0 aliphatic heterocycles. The number of pyridine rings is 1. The van der Waals surface area contributed by atoms with Gasteiger partial charge in [0.1, 0.15) is 11.5 Å². The molecule has 1 heterocycles. The minimum absolute atomic E-state index is 0.0266. The molecule has 0 unspecified atom stereocenters. The van der Waals surface area contributed by atoms with Crippen molar-refractivity contribution in [3.63, 3.8) is 0 Å². The maximum Gasteiger partial charge on any atom is 0.416 e. The molecule has 0 radical (unpaired) electrons. The van der Waals surface area contributed by atoms with Gasteiger partial charge in [-0.25, -0.2) is 9.78 Å². The van der Waals surface area contributed by atoms with Crippen molar-refractivity contribution >= 4 is 28.3 Å². The molecule has 0 saturated heterocycles. The van der Waals surface area contributed by atoms with E-state index in [4.69, 9.17) is 9.84 Å². The third kappa shape index (κ3) is 4.93. The molecular weight excluding hydrogens is 437 g/mol. The molecule has 0 aliphatic carbocycles. The van der Waals surface area contributed by atoms with Crippen molar-refractivity contribution in [1.29, 1.82) is 0 Å². The molecule has 0 atom stereocenters. The van der Waals surface area contributed by atoms with E-state index >= 15 is 0 Å². The third-order valence-corrected chi connectivity index (χ3v) is 4.73. The van der Waals surface area contributed by atoms with E-state index in [2.05, 4.69) is 10.3 Å². The Morgan fingerprint density at radius 1 is 0.909 bits per heavy atom. The van der Waals surface area contributed by atoms with Crippen LogP contribution in [-0.2, 0) is 6.18 Å². The van der Waals surface area contributed by atoms with Gasteiger partial charge < -0.3 is 15.2 Å². The number of hydrogen-bond acceptors (Lipinski definition) is 4. The van der Waals surface area contributed by atoms with Crippen LogP contribution in [0.4, 0.5) is 18.9 Å². The van der Waals surface area contributed by atoms with Crippen molar-refractivity contribution in [1.82, 2.24) is 4.98 Å². The minimum atomic E-state index is -4.52. The molecule has 2 N–H and O–H groups in total. The highest BCUT2D eigenvalue weighted by Crippen LogP contribution is 2.31. The van der Waals surface area contributed by atoms with E-state index in [1.54, 1.807) is 36.4 Å². The van der Waals surface area contributed by atoms with E-state index in [1.165, 1.54) is 30.5 Å². The number of halogens is 3.